The third-order valence-electron chi connectivity index (χ3n) is 2.70. The molecule has 0 unspecified atom stereocenters. The molecule has 1 rings (SSSR count). The van der Waals surface area contributed by atoms with Gasteiger partial charge in [-0.25, -0.2) is 0 Å². The molecule has 0 aromatic carbocycles. The Bertz CT molecular complexity index is 173. The van der Waals surface area contributed by atoms with Crippen molar-refractivity contribution in [3.05, 3.63) is 5.92 Å². The Morgan fingerprint density at radius 3 is 2.46 bits per heavy atom. The van der Waals surface area contributed by atoms with Crippen LogP contribution in [0, 0.1) is 23.2 Å². The molecule has 2 heteroatoms. The highest BCUT2D eigenvalue weighted by Gasteiger charge is 2.19. The molecule has 1 heterocycles. The van der Waals surface area contributed by atoms with Crippen molar-refractivity contribution in [1.29, 1.82) is 5.26 Å². The topological polar surface area (TPSA) is 27.0 Å². The van der Waals surface area contributed by atoms with Gasteiger partial charge < -0.3 is 0 Å². The molecule has 0 spiro atoms. The highest BCUT2D eigenvalue weighted by atomic mass is 15.1. The van der Waals surface area contributed by atoms with Crippen LogP contribution in [0.4, 0.5) is 0 Å². The summed E-state index contributed by atoms with van der Waals surface area (Å²) in [6, 6.07) is 2.21. The number of hydrogen-bond acceptors (Lipinski definition) is 2. The van der Waals surface area contributed by atoms with Gasteiger partial charge in [-0.05, 0) is 44.2 Å². The smallest absolute Gasteiger partial charge is 0.0865 e. The lowest BCUT2D eigenvalue weighted by atomic mass is 9.89. The van der Waals surface area contributed by atoms with E-state index in [9.17, 15) is 0 Å². The highest BCUT2D eigenvalue weighted by Crippen LogP contribution is 2.24. The lowest BCUT2D eigenvalue weighted by Crippen LogP contribution is -2.34. The normalized spacial score (nSPS) is 20.5. The van der Waals surface area contributed by atoms with E-state index in [1.807, 2.05) is 0 Å². The molecule has 73 valence electrons. The second-order valence-electron chi connectivity index (χ2n) is 4.29. The molecule has 0 N–H and O–H groups in total. The van der Waals surface area contributed by atoms with Crippen molar-refractivity contribution in [2.45, 2.75) is 33.1 Å². The number of nitriles is 1. The molecular formula is C11H19N2. The molecule has 1 radical (unpaired) electrons. The summed E-state index contributed by atoms with van der Waals surface area (Å²) in [6.45, 7) is 7.27. The van der Waals surface area contributed by atoms with E-state index in [4.69, 9.17) is 5.26 Å². The lowest BCUT2D eigenvalue weighted by Gasteiger charge is -2.30. The van der Waals surface area contributed by atoms with Gasteiger partial charge in [-0.3, -0.25) is 4.90 Å². The summed E-state index contributed by atoms with van der Waals surface area (Å²) in [5.41, 5.74) is 0. The van der Waals surface area contributed by atoms with Crippen molar-refractivity contribution in [2.24, 2.45) is 5.92 Å². The molecule has 1 saturated heterocycles. The summed E-state index contributed by atoms with van der Waals surface area (Å²) in [6.07, 6.45) is 3.82. The fourth-order valence-corrected chi connectivity index (χ4v) is 2.03. The maximum Gasteiger partial charge on any atom is 0.0865 e. The molecule has 0 bridgehead atoms. The molecule has 1 fully saturated rings. The summed E-state index contributed by atoms with van der Waals surface area (Å²) >= 11 is 0. The Hall–Kier alpha value is -0.550. The quantitative estimate of drug-likeness (QED) is 0.621. The van der Waals surface area contributed by atoms with Gasteiger partial charge in [0.2, 0.25) is 0 Å². The minimum Gasteiger partial charge on any atom is -0.291 e. The SMILES string of the molecule is C[C](C)CC1CCN(CC#N)CC1. The van der Waals surface area contributed by atoms with Crippen LogP contribution in [0.25, 0.3) is 0 Å². The number of likely N-dealkylation sites (tertiary alicyclic amines) is 1. The van der Waals surface area contributed by atoms with Gasteiger partial charge in [-0.2, -0.15) is 5.26 Å². The van der Waals surface area contributed by atoms with E-state index in [1.54, 1.807) is 5.92 Å². The Morgan fingerprint density at radius 1 is 1.38 bits per heavy atom. The van der Waals surface area contributed by atoms with Crippen LogP contribution in [0.2, 0.25) is 0 Å². The average molecular weight is 179 g/mol. The predicted octanol–water partition coefficient (Wildman–Crippen LogP) is 2.23. The Labute approximate surface area is 81.5 Å². The van der Waals surface area contributed by atoms with Crippen LogP contribution < -0.4 is 0 Å². The Kier molecular flexibility index (Phi) is 4.24. The van der Waals surface area contributed by atoms with Crippen LogP contribution in [-0.4, -0.2) is 24.5 Å². The number of hydrogen-bond donors (Lipinski definition) is 0. The molecule has 0 aromatic heterocycles. The summed E-state index contributed by atoms with van der Waals surface area (Å²) < 4.78 is 0. The van der Waals surface area contributed by atoms with Crippen molar-refractivity contribution in [1.82, 2.24) is 4.90 Å². The molecule has 2 nitrogen and oxygen atoms in total. The first-order valence-corrected chi connectivity index (χ1v) is 5.10. The second kappa shape index (κ2) is 5.24. The molecule has 0 saturated carbocycles. The van der Waals surface area contributed by atoms with Crippen molar-refractivity contribution in [3.8, 4) is 6.07 Å². The molecule has 13 heavy (non-hydrogen) atoms. The monoisotopic (exact) mass is 179 g/mol. The number of nitrogens with zero attached hydrogens (tertiary/aromatic N) is 2. The third-order valence-corrected chi connectivity index (χ3v) is 2.70. The maximum atomic E-state index is 8.53. The predicted molar refractivity (Wildman–Crippen MR) is 54.0 cm³/mol. The van der Waals surface area contributed by atoms with E-state index in [1.165, 1.54) is 19.3 Å². The summed E-state index contributed by atoms with van der Waals surface area (Å²) in [5, 5.41) is 8.53. The van der Waals surface area contributed by atoms with Gasteiger partial charge in [0.1, 0.15) is 0 Å². The maximum absolute atomic E-state index is 8.53. The molecule has 0 amide bonds. The Balaban J connectivity index is 2.19. The van der Waals surface area contributed by atoms with E-state index < -0.39 is 0 Å². The zero-order chi connectivity index (χ0) is 9.68. The Morgan fingerprint density at radius 2 is 2.00 bits per heavy atom. The van der Waals surface area contributed by atoms with Crippen molar-refractivity contribution in [2.75, 3.05) is 19.6 Å². The van der Waals surface area contributed by atoms with Gasteiger partial charge in [0.05, 0.1) is 12.6 Å². The molecule has 0 atom stereocenters. The molecule has 1 aliphatic heterocycles. The van der Waals surface area contributed by atoms with Gasteiger partial charge in [0.25, 0.3) is 0 Å². The van der Waals surface area contributed by atoms with Gasteiger partial charge in [-0.15, -0.1) is 0 Å². The molecular weight excluding hydrogens is 160 g/mol. The second-order valence-corrected chi connectivity index (χ2v) is 4.29. The highest BCUT2D eigenvalue weighted by molar-refractivity contribution is 4.86. The van der Waals surface area contributed by atoms with Gasteiger partial charge in [0, 0.05) is 0 Å². The summed E-state index contributed by atoms with van der Waals surface area (Å²) in [4.78, 5) is 2.25. The first kappa shape index (κ1) is 10.5. The van der Waals surface area contributed by atoms with E-state index in [0.717, 1.165) is 19.0 Å². The zero-order valence-electron chi connectivity index (χ0n) is 8.71. The number of piperidine rings is 1. The zero-order valence-corrected chi connectivity index (χ0v) is 8.71. The summed E-state index contributed by atoms with van der Waals surface area (Å²) in [5.74, 6) is 2.42. The van der Waals surface area contributed by atoms with E-state index in [0.29, 0.717) is 6.54 Å². The van der Waals surface area contributed by atoms with Crippen LogP contribution in [-0.2, 0) is 0 Å². The standard InChI is InChI=1S/C11H19N2/c1-10(2)9-11-3-6-13(7-4-11)8-5-12/h11H,3-4,6-9H2,1-2H3. The van der Waals surface area contributed by atoms with Crippen LogP contribution in [0.15, 0.2) is 0 Å². The van der Waals surface area contributed by atoms with Crippen LogP contribution in [0.3, 0.4) is 0 Å². The minimum atomic E-state index is 0.613. The van der Waals surface area contributed by atoms with Crippen LogP contribution in [0.1, 0.15) is 33.1 Å². The van der Waals surface area contributed by atoms with Crippen LogP contribution in [0.5, 0.6) is 0 Å². The fourth-order valence-electron chi connectivity index (χ4n) is 2.03. The summed E-state index contributed by atoms with van der Waals surface area (Å²) in [7, 11) is 0. The van der Waals surface area contributed by atoms with E-state index in [-0.39, 0.29) is 0 Å². The largest absolute Gasteiger partial charge is 0.291 e. The van der Waals surface area contributed by atoms with Gasteiger partial charge in [-0.1, -0.05) is 13.8 Å². The fraction of sp³-hybridized carbons (Fsp3) is 0.818. The van der Waals surface area contributed by atoms with Crippen molar-refractivity contribution >= 4 is 0 Å². The van der Waals surface area contributed by atoms with E-state index in [2.05, 4.69) is 24.8 Å². The van der Waals surface area contributed by atoms with Crippen molar-refractivity contribution in [3.63, 3.8) is 0 Å². The average Bonchev–Trinajstić information content (AvgIpc) is 2.08. The molecule has 0 aliphatic carbocycles. The molecule has 1 aliphatic rings. The van der Waals surface area contributed by atoms with Crippen molar-refractivity contribution < 1.29 is 0 Å². The van der Waals surface area contributed by atoms with E-state index >= 15 is 0 Å². The first-order valence-electron chi connectivity index (χ1n) is 5.10. The minimum absolute atomic E-state index is 0.613. The number of rotatable bonds is 3. The molecule has 0 aromatic rings. The van der Waals surface area contributed by atoms with Gasteiger partial charge >= 0.3 is 0 Å². The van der Waals surface area contributed by atoms with Crippen LogP contribution >= 0.6 is 0 Å². The third kappa shape index (κ3) is 3.78. The van der Waals surface area contributed by atoms with Gasteiger partial charge in [0.15, 0.2) is 0 Å². The first-order chi connectivity index (χ1) is 6.22. The lowest BCUT2D eigenvalue weighted by molar-refractivity contribution is 0.199.